The van der Waals surface area contributed by atoms with Crippen LogP contribution in [0.15, 0.2) is 36.4 Å². The highest BCUT2D eigenvalue weighted by Crippen LogP contribution is 2.38. The van der Waals surface area contributed by atoms with Gasteiger partial charge in [-0.1, -0.05) is 0 Å². The maximum absolute atomic E-state index is 12.5. The first kappa shape index (κ1) is 20.4. The second-order valence-corrected chi connectivity index (χ2v) is 5.31. The summed E-state index contributed by atoms with van der Waals surface area (Å²) in [6.07, 6.45) is 0. The molecule has 1 N–H and O–H groups in total. The second-order valence-electron chi connectivity index (χ2n) is 5.31. The molecule has 0 spiro atoms. The van der Waals surface area contributed by atoms with Crippen LogP contribution in [0.5, 0.6) is 17.2 Å². The minimum absolute atomic E-state index is 0. The maximum atomic E-state index is 12.5. The van der Waals surface area contributed by atoms with Crippen LogP contribution in [0.3, 0.4) is 0 Å². The molecule has 0 aliphatic carbocycles. The number of carbonyl (C=O) groups excluding carboxylic acids is 1. The van der Waals surface area contributed by atoms with Crippen LogP contribution in [0.1, 0.15) is 10.4 Å². The molecule has 7 heteroatoms. The number of rotatable bonds is 6. The molecule has 0 aliphatic heterocycles. The third kappa shape index (κ3) is 4.70. The normalized spacial score (nSPS) is 9.64. The molecule has 0 saturated heterocycles. The predicted octanol–water partition coefficient (Wildman–Crippen LogP) is 3.45. The molecular weight excluding hydrogens is 344 g/mol. The molecule has 136 valence electrons. The van der Waals surface area contributed by atoms with E-state index < -0.39 is 0 Å². The van der Waals surface area contributed by atoms with E-state index in [0.717, 1.165) is 5.69 Å². The van der Waals surface area contributed by atoms with Gasteiger partial charge in [0.15, 0.2) is 11.5 Å². The maximum Gasteiger partial charge on any atom is 0.255 e. The Balaban J connectivity index is 0.00000312. The number of halogens is 1. The number of benzene rings is 2. The highest BCUT2D eigenvalue weighted by atomic mass is 35.5. The van der Waals surface area contributed by atoms with Gasteiger partial charge in [0.05, 0.1) is 21.3 Å². The SMILES string of the molecule is COc1cc(C(=O)Nc2ccc(N(C)C)cc2)cc(OC)c1OC.Cl. The van der Waals surface area contributed by atoms with Gasteiger partial charge in [-0.25, -0.2) is 0 Å². The number of hydrogen-bond donors (Lipinski definition) is 1. The first-order valence-electron chi connectivity index (χ1n) is 7.39. The molecule has 0 radical (unpaired) electrons. The molecule has 25 heavy (non-hydrogen) atoms. The van der Waals surface area contributed by atoms with Crippen molar-refractivity contribution >= 4 is 29.7 Å². The lowest BCUT2D eigenvalue weighted by Gasteiger charge is -2.15. The van der Waals surface area contributed by atoms with Gasteiger partial charge in [-0.2, -0.15) is 0 Å². The van der Waals surface area contributed by atoms with E-state index in [-0.39, 0.29) is 18.3 Å². The van der Waals surface area contributed by atoms with Crippen molar-refractivity contribution in [3.8, 4) is 17.2 Å². The quantitative estimate of drug-likeness (QED) is 0.848. The Kier molecular flexibility index (Phi) is 7.39. The first-order valence-corrected chi connectivity index (χ1v) is 7.39. The third-order valence-corrected chi connectivity index (χ3v) is 3.57. The summed E-state index contributed by atoms with van der Waals surface area (Å²) in [5, 5.41) is 2.86. The van der Waals surface area contributed by atoms with Crippen LogP contribution < -0.4 is 24.4 Å². The molecule has 0 unspecified atom stereocenters. The van der Waals surface area contributed by atoms with Gasteiger partial charge in [0.2, 0.25) is 5.75 Å². The van der Waals surface area contributed by atoms with Crippen LogP contribution in [0.2, 0.25) is 0 Å². The van der Waals surface area contributed by atoms with Crippen molar-refractivity contribution in [2.75, 3.05) is 45.6 Å². The zero-order chi connectivity index (χ0) is 17.7. The molecule has 6 nitrogen and oxygen atoms in total. The summed E-state index contributed by atoms with van der Waals surface area (Å²) in [6, 6.07) is 10.8. The Hall–Kier alpha value is -2.60. The summed E-state index contributed by atoms with van der Waals surface area (Å²) in [6.45, 7) is 0. The van der Waals surface area contributed by atoms with E-state index in [1.807, 2.05) is 43.3 Å². The fraction of sp³-hybridized carbons (Fsp3) is 0.278. The number of methoxy groups -OCH3 is 3. The van der Waals surface area contributed by atoms with Gasteiger partial charge in [-0.05, 0) is 36.4 Å². The average Bonchev–Trinajstić information content (AvgIpc) is 2.60. The van der Waals surface area contributed by atoms with Gasteiger partial charge in [0.25, 0.3) is 5.91 Å². The highest BCUT2D eigenvalue weighted by Gasteiger charge is 2.17. The Morgan fingerprint density at radius 2 is 1.44 bits per heavy atom. The van der Waals surface area contributed by atoms with Gasteiger partial charge in [0, 0.05) is 31.0 Å². The van der Waals surface area contributed by atoms with E-state index in [1.165, 1.54) is 21.3 Å². The summed E-state index contributed by atoms with van der Waals surface area (Å²) in [4.78, 5) is 14.5. The van der Waals surface area contributed by atoms with Crippen LogP contribution in [-0.2, 0) is 0 Å². The smallest absolute Gasteiger partial charge is 0.255 e. The van der Waals surface area contributed by atoms with Gasteiger partial charge in [0.1, 0.15) is 0 Å². The third-order valence-electron chi connectivity index (χ3n) is 3.57. The van der Waals surface area contributed by atoms with Crippen molar-refractivity contribution in [3.63, 3.8) is 0 Å². The Morgan fingerprint density at radius 1 is 0.920 bits per heavy atom. The number of amides is 1. The molecule has 2 aromatic rings. The van der Waals surface area contributed by atoms with Gasteiger partial charge in [-0.15, -0.1) is 12.4 Å². The van der Waals surface area contributed by atoms with Crippen molar-refractivity contribution in [3.05, 3.63) is 42.0 Å². The minimum Gasteiger partial charge on any atom is -0.493 e. The molecule has 0 aliphatic rings. The topological polar surface area (TPSA) is 60.0 Å². The Morgan fingerprint density at radius 3 is 1.84 bits per heavy atom. The zero-order valence-electron chi connectivity index (χ0n) is 15.0. The van der Waals surface area contributed by atoms with Crippen molar-refractivity contribution in [2.45, 2.75) is 0 Å². The van der Waals surface area contributed by atoms with E-state index in [9.17, 15) is 4.79 Å². The van der Waals surface area contributed by atoms with E-state index in [4.69, 9.17) is 14.2 Å². The number of nitrogens with zero attached hydrogens (tertiary/aromatic N) is 1. The van der Waals surface area contributed by atoms with Crippen molar-refractivity contribution < 1.29 is 19.0 Å². The molecule has 0 saturated carbocycles. The zero-order valence-corrected chi connectivity index (χ0v) is 15.8. The van der Waals surface area contributed by atoms with Crippen LogP contribution >= 0.6 is 12.4 Å². The number of nitrogens with one attached hydrogen (secondary N) is 1. The number of ether oxygens (including phenoxy) is 3. The number of anilines is 2. The van der Waals surface area contributed by atoms with E-state index in [0.29, 0.717) is 28.5 Å². The molecule has 0 heterocycles. The first-order chi connectivity index (χ1) is 11.5. The lowest BCUT2D eigenvalue weighted by molar-refractivity contribution is 0.102. The second kappa shape index (κ2) is 9.03. The minimum atomic E-state index is -0.258. The molecule has 0 aromatic heterocycles. The molecule has 2 rings (SSSR count). The van der Waals surface area contributed by atoms with Crippen molar-refractivity contribution in [1.29, 1.82) is 0 Å². The van der Waals surface area contributed by atoms with Gasteiger partial charge >= 0.3 is 0 Å². The molecule has 2 aromatic carbocycles. The van der Waals surface area contributed by atoms with Crippen LogP contribution in [0.25, 0.3) is 0 Å². The molecular formula is C18H23ClN2O4. The lowest BCUT2D eigenvalue weighted by atomic mass is 10.1. The molecule has 0 fully saturated rings. The highest BCUT2D eigenvalue weighted by molar-refractivity contribution is 6.05. The predicted molar refractivity (Wildman–Crippen MR) is 102 cm³/mol. The average molecular weight is 367 g/mol. The molecule has 1 amide bonds. The van der Waals surface area contributed by atoms with E-state index in [2.05, 4.69) is 5.32 Å². The monoisotopic (exact) mass is 366 g/mol. The van der Waals surface area contributed by atoms with Crippen molar-refractivity contribution in [1.82, 2.24) is 0 Å². The van der Waals surface area contributed by atoms with Crippen molar-refractivity contribution in [2.24, 2.45) is 0 Å². The molecule has 0 atom stereocenters. The summed E-state index contributed by atoms with van der Waals surface area (Å²) >= 11 is 0. The fourth-order valence-electron chi connectivity index (χ4n) is 2.26. The number of hydrogen-bond acceptors (Lipinski definition) is 5. The molecule has 0 bridgehead atoms. The fourth-order valence-corrected chi connectivity index (χ4v) is 2.26. The summed E-state index contributed by atoms with van der Waals surface area (Å²) < 4.78 is 15.8. The largest absolute Gasteiger partial charge is 0.493 e. The van der Waals surface area contributed by atoms with Crippen LogP contribution in [-0.4, -0.2) is 41.3 Å². The number of carbonyl (C=O) groups is 1. The Labute approximate surface area is 154 Å². The van der Waals surface area contributed by atoms with Gasteiger partial charge in [-0.3, -0.25) is 4.79 Å². The van der Waals surface area contributed by atoms with E-state index in [1.54, 1.807) is 12.1 Å². The van der Waals surface area contributed by atoms with Gasteiger partial charge < -0.3 is 24.4 Å². The summed E-state index contributed by atoms with van der Waals surface area (Å²) in [5.41, 5.74) is 2.18. The Bertz CT molecular complexity index is 693. The summed E-state index contributed by atoms with van der Waals surface area (Å²) in [5.74, 6) is 1.06. The van der Waals surface area contributed by atoms with Crippen LogP contribution in [0.4, 0.5) is 11.4 Å². The van der Waals surface area contributed by atoms with E-state index >= 15 is 0 Å². The lowest BCUT2D eigenvalue weighted by Crippen LogP contribution is -2.13. The van der Waals surface area contributed by atoms with Crippen LogP contribution in [0, 0.1) is 0 Å². The standard InChI is InChI=1S/C18H22N2O4.ClH/c1-20(2)14-8-6-13(7-9-14)19-18(21)12-10-15(22-3)17(24-5)16(11-12)23-4;/h6-11H,1-5H3,(H,19,21);1H. The summed E-state index contributed by atoms with van der Waals surface area (Å²) in [7, 11) is 8.47.